The third-order valence-corrected chi connectivity index (χ3v) is 3.86. The first-order valence-corrected chi connectivity index (χ1v) is 8.01. The maximum absolute atomic E-state index is 12.3. The molecule has 0 aromatic heterocycles. The Morgan fingerprint density at radius 3 is 2.12 bits per heavy atom. The number of non-ortho nitro benzene ring substituents is 1. The van der Waals surface area contributed by atoms with Crippen LogP contribution in [0.15, 0.2) is 48.5 Å². The summed E-state index contributed by atoms with van der Waals surface area (Å²) in [6.07, 6.45) is 1.02. The van der Waals surface area contributed by atoms with Crippen LogP contribution in [0.3, 0.4) is 0 Å². The first-order chi connectivity index (χ1) is 11.4. The van der Waals surface area contributed by atoms with E-state index in [0.29, 0.717) is 11.6 Å². The highest BCUT2D eigenvalue weighted by molar-refractivity contribution is 5.95. The van der Waals surface area contributed by atoms with Crippen LogP contribution in [-0.2, 0) is 11.2 Å². The number of nitrogens with zero attached hydrogens (tertiary/aromatic N) is 1. The van der Waals surface area contributed by atoms with Gasteiger partial charge in [-0.05, 0) is 42.5 Å². The topological polar surface area (TPSA) is 72.2 Å². The molecule has 0 heterocycles. The second-order valence-corrected chi connectivity index (χ2v) is 6.35. The lowest BCUT2D eigenvalue weighted by atomic mass is 9.96. The molecule has 1 atom stereocenters. The van der Waals surface area contributed by atoms with Crippen molar-refractivity contribution in [3.8, 4) is 0 Å². The lowest BCUT2D eigenvalue weighted by molar-refractivity contribution is -0.384. The van der Waals surface area contributed by atoms with Gasteiger partial charge in [-0.15, -0.1) is 0 Å². The van der Waals surface area contributed by atoms with E-state index in [1.807, 2.05) is 19.1 Å². The molecule has 0 saturated carbocycles. The minimum Gasteiger partial charge on any atom is -0.326 e. The van der Waals surface area contributed by atoms with Crippen molar-refractivity contribution in [1.29, 1.82) is 0 Å². The van der Waals surface area contributed by atoms with Gasteiger partial charge in [0.05, 0.1) is 10.8 Å². The SMILES string of the molecule is CC(C)Cc1ccc([C@@H](C)C(=O)Nc2ccc([N+](=O)[O-])cc2)cc1. The van der Waals surface area contributed by atoms with Gasteiger partial charge in [0.2, 0.25) is 5.91 Å². The van der Waals surface area contributed by atoms with E-state index in [1.165, 1.54) is 29.8 Å². The van der Waals surface area contributed by atoms with E-state index in [-0.39, 0.29) is 17.5 Å². The van der Waals surface area contributed by atoms with Crippen molar-refractivity contribution in [1.82, 2.24) is 0 Å². The summed E-state index contributed by atoms with van der Waals surface area (Å²) in [5.74, 6) is 0.160. The van der Waals surface area contributed by atoms with E-state index in [9.17, 15) is 14.9 Å². The van der Waals surface area contributed by atoms with Gasteiger partial charge >= 0.3 is 0 Å². The van der Waals surface area contributed by atoms with Crippen LogP contribution < -0.4 is 5.32 Å². The Kier molecular flexibility index (Phi) is 5.68. The first kappa shape index (κ1) is 17.7. The molecule has 0 unspecified atom stereocenters. The van der Waals surface area contributed by atoms with Gasteiger partial charge < -0.3 is 5.32 Å². The Morgan fingerprint density at radius 2 is 1.62 bits per heavy atom. The van der Waals surface area contributed by atoms with Crippen molar-refractivity contribution < 1.29 is 9.72 Å². The molecule has 1 N–H and O–H groups in total. The molecular weight excluding hydrogens is 304 g/mol. The van der Waals surface area contributed by atoms with Gasteiger partial charge in [0.25, 0.3) is 5.69 Å². The average Bonchev–Trinajstić information content (AvgIpc) is 2.54. The number of hydrogen-bond acceptors (Lipinski definition) is 3. The van der Waals surface area contributed by atoms with Crippen molar-refractivity contribution in [2.24, 2.45) is 5.92 Å². The van der Waals surface area contributed by atoms with E-state index < -0.39 is 4.92 Å². The van der Waals surface area contributed by atoms with Crippen molar-refractivity contribution in [3.63, 3.8) is 0 Å². The van der Waals surface area contributed by atoms with Gasteiger partial charge in [-0.25, -0.2) is 0 Å². The van der Waals surface area contributed by atoms with Crippen LogP contribution in [0.4, 0.5) is 11.4 Å². The average molecular weight is 326 g/mol. The van der Waals surface area contributed by atoms with Crippen LogP contribution in [0.1, 0.15) is 37.8 Å². The van der Waals surface area contributed by atoms with Crippen LogP contribution in [0.25, 0.3) is 0 Å². The fourth-order valence-corrected chi connectivity index (χ4v) is 2.48. The fourth-order valence-electron chi connectivity index (χ4n) is 2.48. The van der Waals surface area contributed by atoms with Crippen LogP contribution in [0.2, 0.25) is 0 Å². The van der Waals surface area contributed by atoms with Gasteiger partial charge in [-0.3, -0.25) is 14.9 Å². The Bertz CT molecular complexity index is 706. The molecule has 2 rings (SSSR count). The molecule has 0 aliphatic heterocycles. The predicted molar refractivity (Wildman–Crippen MR) is 95.1 cm³/mol. The summed E-state index contributed by atoms with van der Waals surface area (Å²) >= 11 is 0. The summed E-state index contributed by atoms with van der Waals surface area (Å²) in [6, 6.07) is 13.9. The Morgan fingerprint density at radius 1 is 1.04 bits per heavy atom. The highest BCUT2D eigenvalue weighted by Crippen LogP contribution is 2.21. The van der Waals surface area contributed by atoms with E-state index in [0.717, 1.165) is 12.0 Å². The van der Waals surface area contributed by atoms with Crippen molar-refractivity contribution >= 4 is 17.3 Å². The summed E-state index contributed by atoms with van der Waals surface area (Å²) in [5.41, 5.74) is 2.76. The Balaban J connectivity index is 2.02. The number of nitrogens with one attached hydrogen (secondary N) is 1. The molecule has 0 bridgehead atoms. The van der Waals surface area contributed by atoms with E-state index in [1.54, 1.807) is 0 Å². The number of amides is 1. The highest BCUT2D eigenvalue weighted by atomic mass is 16.6. The van der Waals surface area contributed by atoms with E-state index >= 15 is 0 Å². The molecule has 2 aromatic carbocycles. The van der Waals surface area contributed by atoms with Crippen molar-refractivity contribution in [3.05, 3.63) is 69.8 Å². The Labute approximate surface area is 141 Å². The molecular formula is C19H22N2O3. The van der Waals surface area contributed by atoms with Crippen LogP contribution >= 0.6 is 0 Å². The lowest BCUT2D eigenvalue weighted by Gasteiger charge is -2.13. The number of nitro benzene ring substituents is 1. The van der Waals surface area contributed by atoms with Crippen molar-refractivity contribution in [2.75, 3.05) is 5.32 Å². The monoisotopic (exact) mass is 326 g/mol. The molecule has 5 heteroatoms. The van der Waals surface area contributed by atoms with Gasteiger partial charge in [-0.2, -0.15) is 0 Å². The normalized spacial score (nSPS) is 12.0. The molecule has 126 valence electrons. The molecule has 2 aromatic rings. The summed E-state index contributed by atoms with van der Waals surface area (Å²) in [4.78, 5) is 22.5. The molecule has 0 spiro atoms. The molecule has 1 amide bonds. The summed E-state index contributed by atoms with van der Waals surface area (Å²) in [6.45, 7) is 6.19. The zero-order valence-corrected chi connectivity index (χ0v) is 14.2. The van der Waals surface area contributed by atoms with Gasteiger partial charge in [0.15, 0.2) is 0 Å². The van der Waals surface area contributed by atoms with E-state index in [2.05, 4.69) is 31.3 Å². The van der Waals surface area contributed by atoms with Gasteiger partial charge in [0, 0.05) is 17.8 Å². The molecule has 0 aliphatic carbocycles. The second kappa shape index (κ2) is 7.73. The largest absolute Gasteiger partial charge is 0.326 e. The Hall–Kier alpha value is -2.69. The maximum Gasteiger partial charge on any atom is 0.269 e. The smallest absolute Gasteiger partial charge is 0.269 e. The summed E-state index contributed by atoms with van der Waals surface area (Å²) in [7, 11) is 0. The van der Waals surface area contributed by atoms with Gasteiger partial charge in [-0.1, -0.05) is 38.1 Å². The number of hydrogen-bond donors (Lipinski definition) is 1. The molecule has 5 nitrogen and oxygen atoms in total. The zero-order valence-electron chi connectivity index (χ0n) is 14.2. The van der Waals surface area contributed by atoms with Crippen LogP contribution in [0, 0.1) is 16.0 Å². The third-order valence-electron chi connectivity index (χ3n) is 3.86. The molecule has 0 aliphatic rings. The van der Waals surface area contributed by atoms with Gasteiger partial charge in [0.1, 0.15) is 0 Å². The second-order valence-electron chi connectivity index (χ2n) is 6.35. The van der Waals surface area contributed by atoms with Crippen LogP contribution in [-0.4, -0.2) is 10.8 Å². The third kappa shape index (κ3) is 4.65. The minimum absolute atomic E-state index is 0.00166. The fraction of sp³-hybridized carbons (Fsp3) is 0.316. The number of anilines is 1. The van der Waals surface area contributed by atoms with Crippen molar-refractivity contribution in [2.45, 2.75) is 33.1 Å². The zero-order chi connectivity index (χ0) is 17.7. The number of nitro groups is 1. The lowest BCUT2D eigenvalue weighted by Crippen LogP contribution is -2.18. The molecule has 0 radical (unpaired) electrons. The maximum atomic E-state index is 12.3. The summed E-state index contributed by atoms with van der Waals surface area (Å²) < 4.78 is 0. The standard InChI is InChI=1S/C19H22N2O3/c1-13(2)12-15-4-6-16(7-5-15)14(3)19(22)20-17-8-10-18(11-9-17)21(23)24/h4-11,13-14H,12H2,1-3H3,(H,20,22)/t14-/m1/s1. The quantitative estimate of drug-likeness (QED) is 0.626. The number of carbonyl (C=O) groups excluding carboxylic acids is 1. The molecule has 0 saturated heterocycles. The molecule has 24 heavy (non-hydrogen) atoms. The number of benzene rings is 2. The molecule has 0 fully saturated rings. The summed E-state index contributed by atoms with van der Waals surface area (Å²) in [5, 5.41) is 13.4. The highest BCUT2D eigenvalue weighted by Gasteiger charge is 2.16. The first-order valence-electron chi connectivity index (χ1n) is 8.01. The predicted octanol–water partition coefficient (Wildman–Crippen LogP) is 4.54. The minimum atomic E-state index is -0.465. The van der Waals surface area contributed by atoms with E-state index in [4.69, 9.17) is 0 Å². The number of carbonyl (C=O) groups is 1. The van der Waals surface area contributed by atoms with Crippen LogP contribution in [0.5, 0.6) is 0 Å². The number of rotatable bonds is 6.